The Bertz CT molecular complexity index is 332. The normalized spacial score (nSPS) is 15.8. The molecule has 1 aromatic rings. The minimum atomic E-state index is 0.135. The molecule has 1 amide bonds. The molecule has 1 aliphatic rings. The molecule has 0 unspecified atom stereocenters. The monoisotopic (exact) mass is 259 g/mol. The number of thiophene rings is 1. The van der Waals surface area contributed by atoms with Crippen LogP contribution in [0.4, 0.5) is 0 Å². The first kappa shape index (κ1) is 9.21. The number of rotatable bonds is 2. The molecule has 0 atom stereocenters. The number of carbonyl (C=O) groups excluding carboxylic acids is 1. The van der Waals surface area contributed by atoms with Crippen LogP contribution >= 0.6 is 27.3 Å². The van der Waals surface area contributed by atoms with Crippen molar-refractivity contribution in [2.24, 2.45) is 0 Å². The van der Waals surface area contributed by atoms with Crippen molar-refractivity contribution in [3.05, 3.63) is 20.8 Å². The zero-order chi connectivity index (χ0) is 9.42. The molecular weight excluding hydrogens is 250 g/mol. The second-order valence-corrected chi connectivity index (χ2v) is 4.88. The lowest BCUT2D eigenvalue weighted by Crippen LogP contribution is -2.28. The fourth-order valence-electron chi connectivity index (χ4n) is 1.25. The van der Waals surface area contributed by atoms with Gasteiger partial charge in [-0.1, -0.05) is 0 Å². The molecule has 0 radical (unpaired) electrons. The van der Waals surface area contributed by atoms with Gasteiger partial charge in [-0.25, -0.2) is 0 Å². The van der Waals surface area contributed by atoms with Crippen molar-refractivity contribution in [3.8, 4) is 0 Å². The predicted octanol–water partition coefficient (Wildman–Crippen LogP) is 2.75. The van der Waals surface area contributed by atoms with Crippen molar-refractivity contribution in [1.82, 2.24) is 4.90 Å². The highest BCUT2D eigenvalue weighted by Gasteiger charge is 2.30. The van der Waals surface area contributed by atoms with Gasteiger partial charge in [0.25, 0.3) is 5.91 Å². The number of amides is 1. The Labute approximate surface area is 89.7 Å². The van der Waals surface area contributed by atoms with Crippen LogP contribution in [-0.2, 0) is 0 Å². The molecule has 0 saturated heterocycles. The maximum atomic E-state index is 11.8. The highest BCUT2D eigenvalue weighted by Crippen LogP contribution is 2.29. The smallest absolute Gasteiger partial charge is 0.255 e. The Morgan fingerprint density at radius 2 is 2.31 bits per heavy atom. The van der Waals surface area contributed by atoms with E-state index in [2.05, 4.69) is 15.9 Å². The third-order valence-corrected chi connectivity index (χ3v) is 3.96. The molecule has 1 aromatic heterocycles. The van der Waals surface area contributed by atoms with E-state index in [9.17, 15) is 4.79 Å². The Balaban J connectivity index is 2.16. The molecule has 4 heteroatoms. The van der Waals surface area contributed by atoms with Gasteiger partial charge in [-0.3, -0.25) is 4.79 Å². The van der Waals surface area contributed by atoms with Gasteiger partial charge >= 0.3 is 0 Å². The third-order valence-electron chi connectivity index (χ3n) is 2.26. The average Bonchev–Trinajstić information content (AvgIpc) is 2.87. The van der Waals surface area contributed by atoms with E-state index in [1.165, 1.54) is 0 Å². The third kappa shape index (κ3) is 1.79. The summed E-state index contributed by atoms with van der Waals surface area (Å²) < 4.78 is 0.912. The summed E-state index contributed by atoms with van der Waals surface area (Å²) in [6.07, 6.45) is 2.31. The van der Waals surface area contributed by atoms with Gasteiger partial charge in [-0.05, 0) is 28.8 Å². The zero-order valence-electron chi connectivity index (χ0n) is 7.29. The number of carbonyl (C=O) groups is 1. The van der Waals surface area contributed by atoms with Gasteiger partial charge in [0.15, 0.2) is 0 Å². The molecule has 1 heterocycles. The average molecular weight is 260 g/mol. The zero-order valence-corrected chi connectivity index (χ0v) is 9.69. The first-order valence-corrected chi connectivity index (χ1v) is 5.92. The van der Waals surface area contributed by atoms with E-state index in [1.807, 2.05) is 22.7 Å². The van der Waals surface area contributed by atoms with E-state index in [-0.39, 0.29) is 5.91 Å². The molecule has 0 bridgehead atoms. The maximum Gasteiger partial charge on any atom is 0.255 e. The van der Waals surface area contributed by atoms with Crippen molar-refractivity contribution in [1.29, 1.82) is 0 Å². The van der Waals surface area contributed by atoms with Crippen LogP contribution in [0.3, 0.4) is 0 Å². The summed E-state index contributed by atoms with van der Waals surface area (Å²) in [6.45, 7) is 0. The van der Waals surface area contributed by atoms with Crippen LogP contribution in [0.15, 0.2) is 15.2 Å². The largest absolute Gasteiger partial charge is 0.339 e. The van der Waals surface area contributed by atoms with Gasteiger partial charge in [0.1, 0.15) is 0 Å². The van der Waals surface area contributed by atoms with Crippen LogP contribution < -0.4 is 0 Å². The number of hydrogen-bond donors (Lipinski definition) is 0. The molecule has 13 heavy (non-hydrogen) atoms. The summed E-state index contributed by atoms with van der Waals surface area (Å²) in [5, 5.41) is 3.83. The van der Waals surface area contributed by atoms with Gasteiger partial charge in [0, 0.05) is 28.3 Å². The summed E-state index contributed by atoms with van der Waals surface area (Å²) >= 11 is 4.92. The topological polar surface area (TPSA) is 20.3 Å². The maximum absolute atomic E-state index is 11.8. The van der Waals surface area contributed by atoms with Gasteiger partial charge in [-0.15, -0.1) is 0 Å². The fraction of sp³-hybridized carbons (Fsp3) is 0.444. The predicted molar refractivity (Wildman–Crippen MR) is 57.1 cm³/mol. The van der Waals surface area contributed by atoms with Gasteiger partial charge in [-0.2, -0.15) is 11.3 Å². The van der Waals surface area contributed by atoms with E-state index in [1.54, 1.807) is 11.3 Å². The first-order chi connectivity index (χ1) is 6.20. The van der Waals surface area contributed by atoms with Gasteiger partial charge in [0.2, 0.25) is 0 Å². The van der Waals surface area contributed by atoms with Crippen LogP contribution in [0.5, 0.6) is 0 Å². The second-order valence-electron chi connectivity index (χ2n) is 3.28. The van der Waals surface area contributed by atoms with Crippen LogP contribution in [-0.4, -0.2) is 23.9 Å². The molecule has 0 spiro atoms. The van der Waals surface area contributed by atoms with E-state index >= 15 is 0 Å². The molecule has 1 aliphatic carbocycles. The number of hydrogen-bond acceptors (Lipinski definition) is 2. The lowest BCUT2D eigenvalue weighted by atomic mass is 10.3. The van der Waals surface area contributed by atoms with E-state index in [0.717, 1.165) is 22.9 Å². The van der Waals surface area contributed by atoms with Crippen LogP contribution in [0, 0.1) is 0 Å². The van der Waals surface area contributed by atoms with E-state index in [4.69, 9.17) is 0 Å². The molecule has 0 aromatic carbocycles. The Morgan fingerprint density at radius 3 is 2.77 bits per heavy atom. The SMILES string of the molecule is CN(C(=O)c1cscc1Br)C1CC1. The molecule has 2 nitrogen and oxygen atoms in total. The van der Waals surface area contributed by atoms with Crippen molar-refractivity contribution < 1.29 is 4.79 Å². The minimum Gasteiger partial charge on any atom is -0.339 e. The van der Waals surface area contributed by atoms with Crippen LogP contribution in [0.25, 0.3) is 0 Å². The van der Waals surface area contributed by atoms with E-state index < -0.39 is 0 Å². The first-order valence-electron chi connectivity index (χ1n) is 4.19. The Hall–Kier alpha value is -0.350. The second kappa shape index (κ2) is 3.42. The van der Waals surface area contributed by atoms with Crippen LogP contribution in [0.2, 0.25) is 0 Å². The quantitative estimate of drug-likeness (QED) is 0.800. The van der Waals surface area contributed by atoms with Crippen LogP contribution in [0.1, 0.15) is 23.2 Å². The standard InChI is InChI=1S/C9H10BrNOS/c1-11(6-2-3-6)9(12)7-4-13-5-8(7)10/h4-6H,2-3H2,1H3. The highest BCUT2D eigenvalue weighted by atomic mass is 79.9. The molecule has 0 aliphatic heterocycles. The lowest BCUT2D eigenvalue weighted by Gasteiger charge is -2.15. The van der Waals surface area contributed by atoms with Crippen molar-refractivity contribution in [2.45, 2.75) is 18.9 Å². The summed E-state index contributed by atoms with van der Waals surface area (Å²) in [5.41, 5.74) is 0.791. The molecule has 2 rings (SSSR count). The van der Waals surface area contributed by atoms with Crippen molar-refractivity contribution in [3.63, 3.8) is 0 Å². The highest BCUT2D eigenvalue weighted by molar-refractivity contribution is 9.10. The fourth-order valence-corrected chi connectivity index (χ4v) is 2.69. The summed E-state index contributed by atoms with van der Waals surface area (Å²) in [7, 11) is 1.88. The summed E-state index contributed by atoms with van der Waals surface area (Å²) in [4.78, 5) is 13.7. The molecule has 0 N–H and O–H groups in total. The van der Waals surface area contributed by atoms with Crippen molar-refractivity contribution >= 4 is 33.2 Å². The molecule has 70 valence electrons. The molecular formula is C9H10BrNOS. The minimum absolute atomic E-state index is 0.135. The van der Waals surface area contributed by atoms with Crippen molar-refractivity contribution in [2.75, 3.05) is 7.05 Å². The Kier molecular flexibility index (Phi) is 2.43. The number of halogens is 1. The number of nitrogens with zero attached hydrogens (tertiary/aromatic N) is 1. The summed E-state index contributed by atoms with van der Waals surface area (Å²) in [5.74, 6) is 0.135. The van der Waals surface area contributed by atoms with Gasteiger partial charge < -0.3 is 4.90 Å². The molecule has 1 fully saturated rings. The van der Waals surface area contributed by atoms with E-state index in [0.29, 0.717) is 6.04 Å². The molecule has 1 saturated carbocycles. The lowest BCUT2D eigenvalue weighted by molar-refractivity contribution is 0.0785. The Morgan fingerprint density at radius 1 is 1.62 bits per heavy atom. The van der Waals surface area contributed by atoms with Gasteiger partial charge in [0.05, 0.1) is 5.56 Å². The summed E-state index contributed by atoms with van der Waals surface area (Å²) in [6, 6.07) is 0.485.